The van der Waals surface area contributed by atoms with Gasteiger partial charge in [0.1, 0.15) is 11.5 Å². The number of amides is 1. The molecule has 0 aliphatic carbocycles. The maximum absolute atomic E-state index is 12.1. The molecule has 7 nitrogen and oxygen atoms in total. The predicted octanol–water partition coefficient (Wildman–Crippen LogP) is 1.77. The number of aromatic amines is 2. The van der Waals surface area contributed by atoms with Gasteiger partial charge in [-0.1, -0.05) is 30.3 Å². The second kappa shape index (κ2) is 7.65. The van der Waals surface area contributed by atoms with Crippen molar-refractivity contribution in [3.63, 3.8) is 0 Å². The van der Waals surface area contributed by atoms with Gasteiger partial charge in [0.15, 0.2) is 0 Å². The van der Waals surface area contributed by atoms with Crippen LogP contribution < -0.4 is 11.0 Å². The highest BCUT2D eigenvalue weighted by molar-refractivity contribution is 5.93. The van der Waals surface area contributed by atoms with Crippen LogP contribution >= 0.6 is 0 Å². The summed E-state index contributed by atoms with van der Waals surface area (Å²) in [5.41, 5.74) is 1.70. The largest absolute Gasteiger partial charge is 0.343 e. The molecule has 2 aromatic heterocycles. The van der Waals surface area contributed by atoms with Crippen molar-refractivity contribution in [2.45, 2.75) is 32.9 Å². The van der Waals surface area contributed by atoms with E-state index in [9.17, 15) is 9.59 Å². The number of aromatic nitrogens is 4. The zero-order valence-electron chi connectivity index (χ0n) is 14.1. The van der Waals surface area contributed by atoms with Crippen molar-refractivity contribution in [1.29, 1.82) is 0 Å². The Hall–Kier alpha value is -3.09. The van der Waals surface area contributed by atoms with E-state index in [0.717, 1.165) is 25.2 Å². The molecule has 0 aliphatic heterocycles. The van der Waals surface area contributed by atoms with E-state index in [1.165, 1.54) is 5.56 Å². The van der Waals surface area contributed by atoms with Gasteiger partial charge in [0.05, 0.1) is 6.54 Å². The summed E-state index contributed by atoms with van der Waals surface area (Å²) >= 11 is 0. The van der Waals surface area contributed by atoms with Crippen molar-refractivity contribution in [3.05, 3.63) is 76.0 Å². The van der Waals surface area contributed by atoms with E-state index in [4.69, 9.17) is 0 Å². The number of carbonyl (C=O) groups is 1. The quantitative estimate of drug-likeness (QED) is 0.612. The van der Waals surface area contributed by atoms with Crippen molar-refractivity contribution < 1.29 is 4.79 Å². The van der Waals surface area contributed by atoms with Crippen LogP contribution in [0, 0.1) is 6.92 Å². The summed E-state index contributed by atoms with van der Waals surface area (Å²) < 4.78 is 2.04. The average molecular weight is 339 g/mol. The SMILES string of the molecule is Cc1[nH]c(=O)[nH]c1C(=O)NCc1nccn1CCCc1ccccc1. The van der Waals surface area contributed by atoms with E-state index in [1.807, 2.05) is 29.0 Å². The number of benzene rings is 1. The summed E-state index contributed by atoms with van der Waals surface area (Å²) in [6.45, 7) is 2.82. The molecule has 0 atom stereocenters. The standard InChI is InChI=1S/C18H21N5O2/c1-13-16(22-18(25)21-13)17(24)20-12-15-19-9-11-23(15)10-5-8-14-6-3-2-4-7-14/h2-4,6-7,9,11H,5,8,10,12H2,1H3,(H,20,24)(H2,21,22,25). The maximum Gasteiger partial charge on any atom is 0.323 e. The van der Waals surface area contributed by atoms with Crippen molar-refractivity contribution in [2.24, 2.45) is 0 Å². The lowest BCUT2D eigenvalue weighted by molar-refractivity contribution is 0.0944. The minimum Gasteiger partial charge on any atom is -0.343 e. The number of aryl methyl sites for hydroxylation is 3. The van der Waals surface area contributed by atoms with Crippen molar-refractivity contribution in [1.82, 2.24) is 24.8 Å². The number of hydrogen-bond donors (Lipinski definition) is 3. The van der Waals surface area contributed by atoms with Crippen LogP contribution in [-0.4, -0.2) is 25.4 Å². The van der Waals surface area contributed by atoms with Gasteiger partial charge < -0.3 is 19.9 Å². The molecule has 130 valence electrons. The fourth-order valence-corrected chi connectivity index (χ4v) is 2.76. The van der Waals surface area contributed by atoms with Crippen LogP contribution in [-0.2, 0) is 19.5 Å². The monoisotopic (exact) mass is 339 g/mol. The zero-order valence-corrected chi connectivity index (χ0v) is 14.1. The van der Waals surface area contributed by atoms with Gasteiger partial charge in [0.25, 0.3) is 5.91 Å². The minimum absolute atomic E-state index is 0.257. The summed E-state index contributed by atoms with van der Waals surface area (Å²) in [4.78, 5) is 32.7. The lowest BCUT2D eigenvalue weighted by Crippen LogP contribution is -2.26. The number of hydrogen-bond acceptors (Lipinski definition) is 3. The second-order valence-corrected chi connectivity index (χ2v) is 5.89. The Bertz CT molecular complexity index is 892. The Kier molecular flexibility index (Phi) is 5.13. The van der Waals surface area contributed by atoms with E-state index >= 15 is 0 Å². The number of carbonyl (C=O) groups excluding carboxylic acids is 1. The minimum atomic E-state index is -0.384. The third-order valence-electron chi connectivity index (χ3n) is 4.06. The van der Waals surface area contributed by atoms with E-state index in [-0.39, 0.29) is 17.3 Å². The van der Waals surface area contributed by atoms with Crippen LogP contribution in [0.3, 0.4) is 0 Å². The van der Waals surface area contributed by atoms with Crippen LogP contribution in [0.4, 0.5) is 0 Å². The van der Waals surface area contributed by atoms with Gasteiger partial charge >= 0.3 is 5.69 Å². The fraction of sp³-hybridized carbons (Fsp3) is 0.278. The first-order chi connectivity index (χ1) is 12.1. The zero-order chi connectivity index (χ0) is 17.6. The number of H-pyrrole nitrogens is 2. The molecule has 0 saturated heterocycles. The van der Waals surface area contributed by atoms with E-state index in [1.54, 1.807) is 13.1 Å². The summed E-state index contributed by atoms with van der Waals surface area (Å²) in [6.07, 6.45) is 5.63. The third kappa shape index (κ3) is 4.26. The summed E-state index contributed by atoms with van der Waals surface area (Å²) in [5.74, 6) is 0.464. The van der Waals surface area contributed by atoms with Crippen molar-refractivity contribution in [3.8, 4) is 0 Å². The van der Waals surface area contributed by atoms with Gasteiger partial charge in [-0.25, -0.2) is 9.78 Å². The molecule has 0 spiro atoms. The van der Waals surface area contributed by atoms with Gasteiger partial charge in [0, 0.05) is 24.6 Å². The normalized spacial score (nSPS) is 10.8. The summed E-state index contributed by atoms with van der Waals surface area (Å²) in [6, 6.07) is 10.3. The Morgan fingerprint density at radius 2 is 2.04 bits per heavy atom. The molecule has 1 amide bonds. The molecule has 0 fully saturated rings. The van der Waals surface area contributed by atoms with Gasteiger partial charge in [0.2, 0.25) is 0 Å². The molecule has 3 rings (SSSR count). The smallest absolute Gasteiger partial charge is 0.323 e. The number of rotatable bonds is 7. The summed E-state index contributed by atoms with van der Waals surface area (Å²) in [7, 11) is 0. The molecular weight excluding hydrogens is 318 g/mol. The first-order valence-corrected chi connectivity index (χ1v) is 8.24. The summed E-state index contributed by atoms with van der Waals surface area (Å²) in [5, 5.41) is 2.79. The van der Waals surface area contributed by atoms with E-state index < -0.39 is 0 Å². The van der Waals surface area contributed by atoms with Crippen LogP contribution in [0.25, 0.3) is 0 Å². The number of imidazole rings is 2. The van der Waals surface area contributed by atoms with Crippen LogP contribution in [0.2, 0.25) is 0 Å². The third-order valence-corrected chi connectivity index (χ3v) is 4.06. The maximum atomic E-state index is 12.1. The van der Waals surface area contributed by atoms with Crippen molar-refractivity contribution in [2.75, 3.05) is 0 Å². The molecule has 7 heteroatoms. The van der Waals surface area contributed by atoms with E-state index in [2.05, 4.69) is 32.4 Å². The van der Waals surface area contributed by atoms with Gasteiger partial charge in [-0.3, -0.25) is 4.79 Å². The highest BCUT2D eigenvalue weighted by Gasteiger charge is 2.13. The van der Waals surface area contributed by atoms with Crippen LogP contribution in [0.1, 0.15) is 34.0 Å². The molecule has 3 aromatic rings. The Labute approximate surface area is 145 Å². The number of nitrogens with zero attached hydrogens (tertiary/aromatic N) is 2. The Morgan fingerprint density at radius 1 is 1.24 bits per heavy atom. The van der Waals surface area contributed by atoms with Crippen LogP contribution in [0.15, 0.2) is 47.5 Å². The molecule has 25 heavy (non-hydrogen) atoms. The lowest BCUT2D eigenvalue weighted by Gasteiger charge is -2.09. The van der Waals surface area contributed by atoms with E-state index in [0.29, 0.717) is 12.2 Å². The fourth-order valence-electron chi connectivity index (χ4n) is 2.76. The molecule has 0 saturated carbocycles. The highest BCUT2D eigenvalue weighted by Crippen LogP contribution is 2.06. The highest BCUT2D eigenvalue weighted by atomic mass is 16.2. The average Bonchev–Trinajstić information content (AvgIpc) is 3.19. The molecule has 0 radical (unpaired) electrons. The predicted molar refractivity (Wildman–Crippen MR) is 94.3 cm³/mol. The number of nitrogens with one attached hydrogen (secondary N) is 3. The Morgan fingerprint density at radius 3 is 2.76 bits per heavy atom. The van der Waals surface area contributed by atoms with Gasteiger partial charge in [-0.15, -0.1) is 0 Å². The van der Waals surface area contributed by atoms with Gasteiger partial charge in [-0.05, 0) is 25.3 Å². The Balaban J connectivity index is 1.54. The van der Waals surface area contributed by atoms with Crippen molar-refractivity contribution >= 4 is 5.91 Å². The second-order valence-electron chi connectivity index (χ2n) is 5.89. The molecule has 3 N–H and O–H groups in total. The first-order valence-electron chi connectivity index (χ1n) is 8.24. The molecule has 2 heterocycles. The molecule has 1 aromatic carbocycles. The molecular formula is C18H21N5O2. The molecule has 0 unspecified atom stereocenters. The molecule has 0 aliphatic rings. The molecule has 0 bridgehead atoms. The first kappa shape index (κ1) is 16.8. The topological polar surface area (TPSA) is 95.6 Å². The van der Waals surface area contributed by atoms with Crippen LogP contribution in [0.5, 0.6) is 0 Å². The van der Waals surface area contributed by atoms with Gasteiger partial charge in [-0.2, -0.15) is 0 Å². The lowest BCUT2D eigenvalue weighted by atomic mass is 10.1.